The maximum Gasteiger partial charge on any atom is 0.119 e. The first-order valence-electron chi connectivity index (χ1n) is 9.64. The molecule has 138 valence electrons. The highest BCUT2D eigenvalue weighted by Gasteiger charge is 2.04. The molecule has 3 heteroatoms. The van der Waals surface area contributed by atoms with Crippen molar-refractivity contribution >= 4 is 12.2 Å². The summed E-state index contributed by atoms with van der Waals surface area (Å²) < 4.78 is 5.80. The van der Waals surface area contributed by atoms with E-state index in [1.165, 1.54) is 19.3 Å². The highest BCUT2D eigenvalue weighted by atomic mass is 16.5. The summed E-state index contributed by atoms with van der Waals surface area (Å²) in [7, 11) is 0. The third-order valence-electron chi connectivity index (χ3n) is 4.35. The highest BCUT2D eigenvalue weighted by molar-refractivity contribution is 5.77. The van der Waals surface area contributed by atoms with Gasteiger partial charge in [0.1, 0.15) is 5.75 Å². The van der Waals surface area contributed by atoms with E-state index in [1.54, 1.807) is 12.4 Å². The van der Waals surface area contributed by atoms with Crippen LogP contribution in [-0.2, 0) is 0 Å². The molecule has 0 aliphatic heterocycles. The summed E-state index contributed by atoms with van der Waals surface area (Å²) in [5, 5.41) is 0. The monoisotopic (exact) mass is 358 g/mol. The van der Waals surface area contributed by atoms with E-state index in [1.807, 2.05) is 36.4 Å². The quantitative estimate of drug-likeness (QED) is 0.423. The number of aromatic nitrogens is 2. The molecule has 27 heavy (non-hydrogen) atoms. The Bertz CT molecular complexity index is 842. The Morgan fingerprint density at radius 2 is 1.67 bits per heavy atom. The Morgan fingerprint density at radius 1 is 0.815 bits per heavy atom. The number of hydrogen-bond donors (Lipinski definition) is 0. The molecular weight excluding hydrogens is 332 g/mol. The number of benzene rings is 1. The summed E-state index contributed by atoms with van der Waals surface area (Å²) in [6.45, 7) is 3.01. The Hall–Kier alpha value is -2.94. The van der Waals surface area contributed by atoms with E-state index < -0.39 is 0 Å². The largest absolute Gasteiger partial charge is 0.494 e. The molecule has 1 aromatic carbocycles. The minimum absolute atomic E-state index is 0.790. The smallest absolute Gasteiger partial charge is 0.119 e. The number of nitrogens with zero attached hydrogens (tertiary/aromatic N) is 2. The van der Waals surface area contributed by atoms with Gasteiger partial charge in [0.25, 0.3) is 0 Å². The van der Waals surface area contributed by atoms with Crippen LogP contribution in [0.15, 0.2) is 67.0 Å². The Labute approximate surface area is 161 Å². The van der Waals surface area contributed by atoms with Gasteiger partial charge in [-0.3, -0.25) is 9.97 Å². The molecule has 0 bridgehead atoms. The number of pyridine rings is 2. The van der Waals surface area contributed by atoms with E-state index in [0.717, 1.165) is 41.3 Å². The van der Waals surface area contributed by atoms with Gasteiger partial charge in [-0.15, -0.1) is 0 Å². The molecule has 0 saturated heterocycles. The molecule has 0 fully saturated rings. The maximum absolute atomic E-state index is 5.80. The third kappa shape index (κ3) is 5.78. The van der Waals surface area contributed by atoms with Crippen LogP contribution >= 0.6 is 0 Å². The molecule has 3 aromatic rings. The van der Waals surface area contributed by atoms with Gasteiger partial charge in [0.2, 0.25) is 0 Å². The second kappa shape index (κ2) is 10.3. The first-order valence-corrected chi connectivity index (χ1v) is 9.64. The van der Waals surface area contributed by atoms with Crippen LogP contribution in [0, 0.1) is 0 Å². The summed E-state index contributed by atoms with van der Waals surface area (Å²) >= 11 is 0. The van der Waals surface area contributed by atoms with Crippen LogP contribution in [0.4, 0.5) is 0 Å². The molecule has 0 aliphatic rings. The van der Waals surface area contributed by atoms with Crippen LogP contribution in [0.2, 0.25) is 0 Å². The zero-order valence-electron chi connectivity index (χ0n) is 15.8. The summed E-state index contributed by atoms with van der Waals surface area (Å²) in [4.78, 5) is 8.91. The fraction of sp³-hybridized carbons (Fsp3) is 0.250. The normalized spacial score (nSPS) is 11.0. The first-order chi connectivity index (χ1) is 13.4. The Balaban J connectivity index is 1.63. The maximum atomic E-state index is 5.80. The molecular formula is C24H26N2O. The predicted octanol–water partition coefficient (Wildman–Crippen LogP) is 6.27. The van der Waals surface area contributed by atoms with Gasteiger partial charge in [0, 0.05) is 18.0 Å². The summed E-state index contributed by atoms with van der Waals surface area (Å²) in [6.07, 6.45) is 12.6. The second-order valence-corrected chi connectivity index (χ2v) is 6.47. The number of rotatable bonds is 9. The van der Waals surface area contributed by atoms with E-state index in [2.05, 4.69) is 47.2 Å². The molecule has 0 saturated carbocycles. The number of hydrogen-bond acceptors (Lipinski definition) is 3. The van der Waals surface area contributed by atoms with E-state index in [9.17, 15) is 0 Å². The van der Waals surface area contributed by atoms with E-state index in [-0.39, 0.29) is 0 Å². The van der Waals surface area contributed by atoms with Crippen LogP contribution in [0.1, 0.15) is 43.7 Å². The molecule has 3 rings (SSSR count). The average molecular weight is 358 g/mol. The highest BCUT2D eigenvalue weighted by Crippen LogP contribution is 2.21. The van der Waals surface area contributed by atoms with Crippen LogP contribution in [0.5, 0.6) is 5.75 Å². The topological polar surface area (TPSA) is 35.0 Å². The summed E-state index contributed by atoms with van der Waals surface area (Å²) in [5.41, 5.74) is 3.95. The minimum Gasteiger partial charge on any atom is -0.494 e. The predicted molar refractivity (Wildman–Crippen MR) is 112 cm³/mol. The van der Waals surface area contributed by atoms with Gasteiger partial charge in [-0.1, -0.05) is 62.6 Å². The average Bonchev–Trinajstić information content (AvgIpc) is 2.74. The van der Waals surface area contributed by atoms with Gasteiger partial charge in [-0.25, -0.2) is 0 Å². The van der Waals surface area contributed by atoms with Crippen molar-refractivity contribution in [3.63, 3.8) is 0 Å². The first kappa shape index (κ1) is 18.8. The molecule has 0 amide bonds. The number of unbranched alkanes of at least 4 members (excludes halogenated alkanes) is 3. The molecule has 0 spiro atoms. The molecule has 2 aromatic heterocycles. The molecule has 3 nitrogen and oxygen atoms in total. The van der Waals surface area contributed by atoms with Crippen molar-refractivity contribution in [3.8, 4) is 17.1 Å². The lowest BCUT2D eigenvalue weighted by Gasteiger charge is -2.06. The molecule has 0 aliphatic carbocycles. The lowest BCUT2D eigenvalue weighted by atomic mass is 10.1. The van der Waals surface area contributed by atoms with Gasteiger partial charge in [-0.05, 0) is 42.3 Å². The fourth-order valence-corrected chi connectivity index (χ4v) is 2.85. The standard InChI is InChI=1S/C24H26N2O/c1-2-3-4-7-19-27-22-15-12-20(13-16-22)11-14-21-9-8-18-26-24(21)23-10-5-6-17-25-23/h5-6,8-18H,2-4,7,19H2,1H3. The van der Waals surface area contributed by atoms with Gasteiger partial charge >= 0.3 is 0 Å². The lowest BCUT2D eigenvalue weighted by molar-refractivity contribution is 0.305. The minimum atomic E-state index is 0.790. The zero-order valence-corrected chi connectivity index (χ0v) is 15.8. The van der Waals surface area contributed by atoms with Gasteiger partial charge in [-0.2, -0.15) is 0 Å². The van der Waals surface area contributed by atoms with Gasteiger partial charge < -0.3 is 4.74 Å². The SMILES string of the molecule is CCCCCCOc1ccc(C=Cc2cccnc2-c2ccccn2)cc1. The van der Waals surface area contributed by atoms with Crippen LogP contribution in [0.3, 0.4) is 0 Å². The molecule has 0 unspecified atom stereocenters. The van der Waals surface area contributed by atoms with Crippen molar-refractivity contribution in [2.75, 3.05) is 6.61 Å². The Morgan fingerprint density at radius 3 is 2.44 bits per heavy atom. The van der Waals surface area contributed by atoms with Gasteiger partial charge in [0.05, 0.1) is 18.0 Å². The van der Waals surface area contributed by atoms with Crippen molar-refractivity contribution in [3.05, 3.63) is 78.1 Å². The van der Waals surface area contributed by atoms with Crippen molar-refractivity contribution in [1.29, 1.82) is 0 Å². The number of ether oxygens (including phenoxy) is 1. The third-order valence-corrected chi connectivity index (χ3v) is 4.35. The fourth-order valence-electron chi connectivity index (χ4n) is 2.85. The lowest BCUT2D eigenvalue weighted by Crippen LogP contribution is -1.96. The molecule has 0 N–H and O–H groups in total. The summed E-state index contributed by atoms with van der Waals surface area (Å²) in [6, 6.07) is 18.1. The van der Waals surface area contributed by atoms with E-state index in [4.69, 9.17) is 4.74 Å². The van der Waals surface area contributed by atoms with Crippen molar-refractivity contribution < 1.29 is 4.74 Å². The molecule has 0 radical (unpaired) electrons. The summed E-state index contributed by atoms with van der Waals surface area (Å²) in [5.74, 6) is 0.930. The van der Waals surface area contributed by atoms with Crippen molar-refractivity contribution in [2.45, 2.75) is 32.6 Å². The van der Waals surface area contributed by atoms with Crippen molar-refractivity contribution in [1.82, 2.24) is 9.97 Å². The zero-order chi connectivity index (χ0) is 18.7. The van der Waals surface area contributed by atoms with Crippen LogP contribution in [-0.4, -0.2) is 16.6 Å². The van der Waals surface area contributed by atoms with Crippen molar-refractivity contribution in [2.24, 2.45) is 0 Å². The van der Waals surface area contributed by atoms with Gasteiger partial charge in [0.15, 0.2) is 0 Å². The van der Waals surface area contributed by atoms with E-state index in [0.29, 0.717) is 0 Å². The van der Waals surface area contributed by atoms with Crippen LogP contribution < -0.4 is 4.74 Å². The van der Waals surface area contributed by atoms with Crippen LogP contribution in [0.25, 0.3) is 23.5 Å². The molecule has 0 atom stereocenters. The molecule has 2 heterocycles. The second-order valence-electron chi connectivity index (χ2n) is 6.47. The van der Waals surface area contributed by atoms with E-state index >= 15 is 0 Å². The Kier molecular flexibility index (Phi) is 7.16.